The molecule has 1 amide bonds. The van der Waals surface area contributed by atoms with Crippen LogP contribution in [0.15, 0.2) is 60.7 Å². The average molecular weight is 321 g/mol. The van der Waals surface area contributed by atoms with Crippen LogP contribution in [0.25, 0.3) is 6.08 Å². The number of amides is 1. The van der Waals surface area contributed by atoms with Gasteiger partial charge in [-0.3, -0.25) is 4.79 Å². The Labute approximate surface area is 144 Å². The van der Waals surface area contributed by atoms with Gasteiger partial charge >= 0.3 is 0 Å². The molecule has 0 aromatic heterocycles. The lowest BCUT2D eigenvalue weighted by atomic mass is 10.1. The van der Waals surface area contributed by atoms with Gasteiger partial charge in [-0.15, -0.1) is 0 Å². The van der Waals surface area contributed by atoms with Crippen molar-refractivity contribution < 1.29 is 9.69 Å². The van der Waals surface area contributed by atoms with E-state index in [1.807, 2.05) is 42.2 Å². The van der Waals surface area contributed by atoms with Gasteiger partial charge in [0.05, 0.1) is 32.7 Å². The first-order chi connectivity index (χ1) is 11.7. The van der Waals surface area contributed by atoms with E-state index >= 15 is 0 Å². The molecule has 0 radical (unpaired) electrons. The van der Waals surface area contributed by atoms with Gasteiger partial charge < -0.3 is 9.80 Å². The first-order valence-corrected chi connectivity index (χ1v) is 8.63. The molecule has 3 rings (SSSR count). The molecule has 1 aliphatic rings. The van der Waals surface area contributed by atoms with Gasteiger partial charge in [0.2, 0.25) is 0 Å². The van der Waals surface area contributed by atoms with Crippen molar-refractivity contribution in [2.75, 3.05) is 32.7 Å². The minimum atomic E-state index is 0.161. The first-order valence-electron chi connectivity index (χ1n) is 8.63. The maximum atomic E-state index is 12.5. The van der Waals surface area contributed by atoms with Crippen molar-refractivity contribution in [2.45, 2.75) is 6.92 Å². The van der Waals surface area contributed by atoms with E-state index in [0.29, 0.717) is 0 Å². The van der Waals surface area contributed by atoms with Gasteiger partial charge in [-0.1, -0.05) is 54.1 Å². The van der Waals surface area contributed by atoms with E-state index < -0.39 is 0 Å². The van der Waals surface area contributed by atoms with Crippen LogP contribution in [-0.2, 0) is 0 Å². The van der Waals surface area contributed by atoms with Crippen LogP contribution in [-0.4, -0.2) is 43.5 Å². The summed E-state index contributed by atoms with van der Waals surface area (Å²) in [4.78, 5) is 16.0. The Hall–Kier alpha value is -2.39. The Balaban J connectivity index is 1.48. The second-order valence-corrected chi connectivity index (χ2v) is 6.43. The summed E-state index contributed by atoms with van der Waals surface area (Å²) < 4.78 is 0. The van der Waals surface area contributed by atoms with Crippen LogP contribution in [0.1, 0.15) is 21.5 Å². The van der Waals surface area contributed by atoms with Crippen LogP contribution in [0.3, 0.4) is 0 Å². The fraction of sp³-hybridized carbons (Fsp3) is 0.286. The van der Waals surface area contributed by atoms with Gasteiger partial charge in [0, 0.05) is 5.56 Å². The Bertz CT molecular complexity index is 684. The Morgan fingerprint density at radius 2 is 1.71 bits per heavy atom. The van der Waals surface area contributed by atoms with E-state index in [0.717, 1.165) is 38.3 Å². The third-order valence-corrected chi connectivity index (χ3v) is 4.57. The summed E-state index contributed by atoms with van der Waals surface area (Å²) in [6, 6.07) is 18.2. The maximum Gasteiger partial charge on any atom is 0.254 e. The lowest BCUT2D eigenvalue weighted by Crippen LogP contribution is -3.14. The van der Waals surface area contributed by atoms with Crippen LogP contribution < -0.4 is 4.90 Å². The number of hydrogen-bond donors (Lipinski definition) is 1. The lowest BCUT2D eigenvalue weighted by molar-refractivity contribution is -0.898. The number of carbonyl (C=O) groups excluding carboxylic acids is 1. The van der Waals surface area contributed by atoms with Gasteiger partial charge in [-0.05, 0) is 30.7 Å². The normalized spacial score (nSPS) is 15.8. The highest BCUT2D eigenvalue weighted by Crippen LogP contribution is 2.07. The number of aryl methyl sites for hydroxylation is 1. The van der Waals surface area contributed by atoms with Crippen LogP contribution in [0.5, 0.6) is 0 Å². The van der Waals surface area contributed by atoms with Crippen LogP contribution >= 0.6 is 0 Å². The van der Waals surface area contributed by atoms with Crippen molar-refractivity contribution in [1.29, 1.82) is 0 Å². The highest BCUT2D eigenvalue weighted by Gasteiger charge is 2.23. The standard InChI is InChI=1S/C21H24N2O/c1-18-9-11-20(12-10-18)21(24)23-16-14-22(15-17-23)13-5-8-19-6-3-2-4-7-19/h2-12H,13-17H2,1H3/p+1/b8-5+. The highest BCUT2D eigenvalue weighted by atomic mass is 16.2. The van der Waals surface area contributed by atoms with E-state index in [1.165, 1.54) is 16.0 Å². The van der Waals surface area contributed by atoms with Gasteiger partial charge in [0.15, 0.2) is 0 Å². The quantitative estimate of drug-likeness (QED) is 0.916. The molecule has 0 bridgehead atoms. The number of nitrogens with one attached hydrogen (secondary N) is 1. The van der Waals surface area contributed by atoms with E-state index in [4.69, 9.17) is 0 Å². The molecule has 2 aromatic rings. The zero-order valence-electron chi connectivity index (χ0n) is 14.2. The molecule has 0 saturated carbocycles. The number of rotatable bonds is 4. The predicted molar refractivity (Wildman–Crippen MR) is 98.1 cm³/mol. The van der Waals surface area contributed by atoms with E-state index in [-0.39, 0.29) is 5.91 Å². The van der Waals surface area contributed by atoms with Crippen molar-refractivity contribution in [3.63, 3.8) is 0 Å². The van der Waals surface area contributed by atoms with Crippen molar-refractivity contribution in [2.24, 2.45) is 0 Å². The summed E-state index contributed by atoms with van der Waals surface area (Å²) in [5.41, 5.74) is 3.23. The molecule has 0 spiro atoms. The topological polar surface area (TPSA) is 24.8 Å². The van der Waals surface area contributed by atoms with Crippen molar-refractivity contribution in [1.82, 2.24) is 4.90 Å². The fourth-order valence-electron chi connectivity index (χ4n) is 3.03. The third-order valence-electron chi connectivity index (χ3n) is 4.57. The molecule has 0 unspecified atom stereocenters. The minimum Gasteiger partial charge on any atom is -0.329 e. The molecular formula is C21H25N2O+. The van der Waals surface area contributed by atoms with Crippen LogP contribution in [0, 0.1) is 6.92 Å². The summed E-state index contributed by atoms with van der Waals surface area (Å²) in [5, 5.41) is 0. The minimum absolute atomic E-state index is 0.161. The molecule has 2 aromatic carbocycles. The van der Waals surface area contributed by atoms with Crippen molar-refractivity contribution in [3.05, 3.63) is 77.4 Å². The highest BCUT2D eigenvalue weighted by molar-refractivity contribution is 5.94. The number of nitrogens with zero attached hydrogens (tertiary/aromatic N) is 1. The molecule has 1 fully saturated rings. The smallest absolute Gasteiger partial charge is 0.254 e. The molecule has 1 N–H and O–H groups in total. The molecule has 1 aliphatic heterocycles. The number of carbonyl (C=O) groups is 1. The van der Waals surface area contributed by atoms with Crippen LogP contribution in [0.4, 0.5) is 0 Å². The van der Waals surface area contributed by atoms with Gasteiger partial charge in [0.25, 0.3) is 5.91 Å². The van der Waals surface area contributed by atoms with E-state index in [2.05, 4.69) is 36.4 Å². The molecule has 0 aliphatic carbocycles. The fourth-order valence-corrected chi connectivity index (χ4v) is 3.03. The molecule has 1 heterocycles. The summed E-state index contributed by atoms with van der Waals surface area (Å²) in [6.45, 7) is 6.75. The second-order valence-electron chi connectivity index (χ2n) is 6.43. The third kappa shape index (κ3) is 4.33. The Kier molecular flexibility index (Phi) is 5.44. The second kappa shape index (κ2) is 7.93. The SMILES string of the molecule is Cc1ccc(C(=O)N2CC[NH+](C/C=C/c3ccccc3)CC2)cc1. The molecule has 3 nitrogen and oxygen atoms in total. The summed E-state index contributed by atoms with van der Waals surface area (Å²) in [6.07, 6.45) is 4.42. The zero-order valence-corrected chi connectivity index (χ0v) is 14.2. The van der Waals surface area contributed by atoms with Crippen molar-refractivity contribution in [3.8, 4) is 0 Å². The number of hydrogen-bond acceptors (Lipinski definition) is 1. The summed E-state index contributed by atoms with van der Waals surface area (Å²) in [7, 11) is 0. The number of quaternary nitrogens is 1. The van der Waals surface area contributed by atoms with Gasteiger partial charge in [-0.25, -0.2) is 0 Å². The molecular weight excluding hydrogens is 296 g/mol. The predicted octanol–water partition coefficient (Wildman–Crippen LogP) is 2.05. The first kappa shape index (κ1) is 16.5. The monoisotopic (exact) mass is 321 g/mol. The molecule has 3 heteroatoms. The molecule has 0 atom stereocenters. The van der Waals surface area contributed by atoms with Crippen LogP contribution in [0.2, 0.25) is 0 Å². The van der Waals surface area contributed by atoms with Crippen molar-refractivity contribution >= 4 is 12.0 Å². The number of benzene rings is 2. The molecule has 1 saturated heterocycles. The largest absolute Gasteiger partial charge is 0.329 e. The zero-order chi connectivity index (χ0) is 16.8. The van der Waals surface area contributed by atoms with E-state index in [9.17, 15) is 4.79 Å². The summed E-state index contributed by atoms with van der Waals surface area (Å²) in [5.74, 6) is 0.161. The summed E-state index contributed by atoms with van der Waals surface area (Å²) >= 11 is 0. The average Bonchev–Trinajstić information content (AvgIpc) is 2.63. The maximum absolute atomic E-state index is 12.5. The molecule has 24 heavy (non-hydrogen) atoms. The Morgan fingerprint density at radius 1 is 1.04 bits per heavy atom. The van der Waals surface area contributed by atoms with Gasteiger partial charge in [-0.2, -0.15) is 0 Å². The lowest BCUT2D eigenvalue weighted by Gasteiger charge is -2.31. The number of piperazine rings is 1. The van der Waals surface area contributed by atoms with E-state index in [1.54, 1.807) is 0 Å². The Morgan fingerprint density at radius 3 is 2.38 bits per heavy atom. The van der Waals surface area contributed by atoms with Gasteiger partial charge in [0.1, 0.15) is 0 Å². The molecule has 124 valence electrons.